The summed E-state index contributed by atoms with van der Waals surface area (Å²) in [5.41, 5.74) is 0.900. The zero-order chi connectivity index (χ0) is 8.27. The maximum Gasteiger partial charge on any atom is 0.115 e. The van der Waals surface area contributed by atoms with Crippen molar-refractivity contribution in [2.24, 2.45) is 0 Å². The Bertz CT molecular complexity index is 220. The molecule has 2 nitrogen and oxygen atoms in total. The fourth-order valence-electron chi connectivity index (χ4n) is 0.795. The molecule has 0 spiro atoms. The Morgan fingerprint density at radius 3 is 2.36 bits per heavy atom. The average Bonchev–Trinajstić information content (AvgIpc) is 2.05. The van der Waals surface area contributed by atoms with Gasteiger partial charge in [0.05, 0.1) is 0 Å². The molecule has 1 aromatic carbocycles. The van der Waals surface area contributed by atoms with Crippen molar-refractivity contribution in [1.29, 1.82) is 0 Å². The molecule has 0 bridgehead atoms. The first-order valence-corrected chi connectivity index (χ1v) is 3.67. The summed E-state index contributed by atoms with van der Waals surface area (Å²) >= 11 is 5.66. The fraction of sp³-hybridized carbons (Fsp3) is 0.250. The van der Waals surface area contributed by atoms with Gasteiger partial charge in [-0.2, -0.15) is 0 Å². The Hall–Kier alpha value is -0.570. The van der Waals surface area contributed by atoms with Gasteiger partial charge in [-0.3, -0.25) is 5.26 Å². The lowest BCUT2D eigenvalue weighted by molar-refractivity contribution is -0.277. The molecule has 0 fully saturated rings. The zero-order valence-corrected chi connectivity index (χ0v) is 6.88. The zero-order valence-electron chi connectivity index (χ0n) is 6.12. The van der Waals surface area contributed by atoms with Crippen molar-refractivity contribution in [1.82, 2.24) is 0 Å². The molecule has 0 aliphatic heterocycles. The summed E-state index contributed by atoms with van der Waals surface area (Å²) < 4.78 is 0. The van der Waals surface area contributed by atoms with Gasteiger partial charge in [0.15, 0.2) is 0 Å². The molecule has 0 radical (unpaired) electrons. The minimum Gasteiger partial charge on any atom is -0.251 e. The predicted octanol–water partition coefficient (Wildman–Crippen LogP) is 2.89. The van der Waals surface area contributed by atoms with Crippen molar-refractivity contribution >= 4 is 11.6 Å². The van der Waals surface area contributed by atoms with E-state index in [0.717, 1.165) is 5.56 Å². The maximum atomic E-state index is 8.32. The predicted molar refractivity (Wildman–Crippen MR) is 43.6 cm³/mol. The highest BCUT2D eigenvalue weighted by atomic mass is 35.5. The number of benzene rings is 1. The van der Waals surface area contributed by atoms with Crippen LogP contribution in [0.5, 0.6) is 0 Å². The van der Waals surface area contributed by atoms with Crippen LogP contribution in [0.4, 0.5) is 0 Å². The van der Waals surface area contributed by atoms with Crippen LogP contribution in [0, 0.1) is 0 Å². The lowest BCUT2D eigenvalue weighted by atomic mass is 10.1. The minimum atomic E-state index is -0.299. The van der Waals surface area contributed by atoms with E-state index in [2.05, 4.69) is 4.89 Å². The van der Waals surface area contributed by atoms with Crippen molar-refractivity contribution in [2.75, 3.05) is 0 Å². The molecule has 1 aromatic rings. The minimum absolute atomic E-state index is 0.299. The van der Waals surface area contributed by atoms with Gasteiger partial charge in [-0.25, -0.2) is 4.89 Å². The van der Waals surface area contributed by atoms with Gasteiger partial charge in [-0.05, 0) is 24.6 Å². The van der Waals surface area contributed by atoms with E-state index < -0.39 is 0 Å². The fourth-order valence-corrected chi connectivity index (χ4v) is 0.921. The normalized spacial score (nSPS) is 13.0. The van der Waals surface area contributed by atoms with Crippen LogP contribution < -0.4 is 0 Å². The number of halogens is 1. The van der Waals surface area contributed by atoms with Crippen molar-refractivity contribution in [3.05, 3.63) is 34.9 Å². The molecule has 0 aliphatic carbocycles. The Kier molecular flexibility index (Phi) is 2.88. The van der Waals surface area contributed by atoms with Crippen LogP contribution in [0.3, 0.4) is 0 Å². The van der Waals surface area contributed by atoms with E-state index >= 15 is 0 Å². The van der Waals surface area contributed by atoms with E-state index in [0.29, 0.717) is 5.02 Å². The molecule has 0 saturated carbocycles. The first-order chi connectivity index (χ1) is 5.24. The second-order valence-electron chi connectivity index (χ2n) is 2.30. The quantitative estimate of drug-likeness (QED) is 0.549. The lowest BCUT2D eigenvalue weighted by Gasteiger charge is -2.06. The SMILES string of the molecule is C[C@H](OO)c1ccc(Cl)cc1. The highest BCUT2D eigenvalue weighted by molar-refractivity contribution is 6.30. The molecule has 60 valence electrons. The summed E-state index contributed by atoms with van der Waals surface area (Å²) in [7, 11) is 0. The Balaban J connectivity index is 2.81. The van der Waals surface area contributed by atoms with Gasteiger partial charge in [-0.15, -0.1) is 0 Å². The molecule has 0 aromatic heterocycles. The largest absolute Gasteiger partial charge is 0.251 e. The van der Waals surface area contributed by atoms with Crippen molar-refractivity contribution in [3.8, 4) is 0 Å². The highest BCUT2D eigenvalue weighted by Crippen LogP contribution is 2.17. The van der Waals surface area contributed by atoms with E-state index in [-0.39, 0.29) is 6.10 Å². The van der Waals surface area contributed by atoms with Crippen molar-refractivity contribution in [2.45, 2.75) is 13.0 Å². The third-order valence-corrected chi connectivity index (χ3v) is 1.75. The van der Waals surface area contributed by atoms with E-state index in [4.69, 9.17) is 16.9 Å². The molecular formula is C8H9ClO2. The molecule has 0 saturated heterocycles. The molecule has 1 N–H and O–H groups in total. The standard InChI is InChI=1S/C8H9ClO2/c1-6(11-10)7-2-4-8(9)5-3-7/h2-6,10H,1H3/t6-/m0/s1. The van der Waals surface area contributed by atoms with Crippen LogP contribution in [-0.2, 0) is 4.89 Å². The van der Waals surface area contributed by atoms with E-state index in [1.54, 1.807) is 19.1 Å². The molecule has 0 unspecified atom stereocenters. The van der Waals surface area contributed by atoms with Gasteiger partial charge in [0.2, 0.25) is 0 Å². The third kappa shape index (κ3) is 2.19. The highest BCUT2D eigenvalue weighted by Gasteiger charge is 2.03. The molecule has 11 heavy (non-hydrogen) atoms. The summed E-state index contributed by atoms with van der Waals surface area (Å²) in [6.45, 7) is 1.75. The van der Waals surface area contributed by atoms with Gasteiger partial charge in [0.1, 0.15) is 6.10 Å². The lowest BCUT2D eigenvalue weighted by Crippen LogP contribution is -1.94. The first kappa shape index (κ1) is 8.53. The third-order valence-electron chi connectivity index (χ3n) is 1.50. The Morgan fingerprint density at radius 1 is 1.36 bits per heavy atom. The van der Waals surface area contributed by atoms with Gasteiger partial charge < -0.3 is 0 Å². The smallest absolute Gasteiger partial charge is 0.115 e. The van der Waals surface area contributed by atoms with E-state index in [1.165, 1.54) is 0 Å². The Labute approximate surface area is 70.3 Å². The van der Waals surface area contributed by atoms with Gasteiger partial charge in [0.25, 0.3) is 0 Å². The van der Waals surface area contributed by atoms with Gasteiger partial charge in [0, 0.05) is 5.02 Å². The summed E-state index contributed by atoms with van der Waals surface area (Å²) in [4.78, 5) is 4.13. The van der Waals surface area contributed by atoms with Crippen LogP contribution >= 0.6 is 11.6 Å². The molecular weight excluding hydrogens is 164 g/mol. The molecule has 3 heteroatoms. The van der Waals surface area contributed by atoms with Crippen LogP contribution in [0.25, 0.3) is 0 Å². The summed E-state index contributed by atoms with van der Waals surface area (Å²) in [6, 6.07) is 7.13. The second kappa shape index (κ2) is 3.72. The summed E-state index contributed by atoms with van der Waals surface area (Å²) in [6.07, 6.45) is -0.299. The molecule has 1 atom stereocenters. The van der Waals surface area contributed by atoms with Crippen LogP contribution in [0.15, 0.2) is 24.3 Å². The molecule has 0 aliphatic rings. The number of hydrogen-bond donors (Lipinski definition) is 1. The van der Waals surface area contributed by atoms with E-state index in [9.17, 15) is 0 Å². The summed E-state index contributed by atoms with van der Waals surface area (Å²) in [5, 5.41) is 9.00. The van der Waals surface area contributed by atoms with Gasteiger partial charge in [-0.1, -0.05) is 23.7 Å². The van der Waals surface area contributed by atoms with Crippen LogP contribution in [0.1, 0.15) is 18.6 Å². The molecule has 0 heterocycles. The second-order valence-corrected chi connectivity index (χ2v) is 2.74. The van der Waals surface area contributed by atoms with Crippen molar-refractivity contribution < 1.29 is 10.1 Å². The number of rotatable bonds is 2. The van der Waals surface area contributed by atoms with Crippen molar-refractivity contribution in [3.63, 3.8) is 0 Å². The molecule has 0 amide bonds. The van der Waals surface area contributed by atoms with E-state index in [1.807, 2.05) is 12.1 Å². The first-order valence-electron chi connectivity index (χ1n) is 3.29. The maximum absolute atomic E-state index is 8.32. The molecule has 1 rings (SSSR count). The number of hydrogen-bond acceptors (Lipinski definition) is 2. The topological polar surface area (TPSA) is 29.5 Å². The van der Waals surface area contributed by atoms with Gasteiger partial charge >= 0.3 is 0 Å². The summed E-state index contributed by atoms with van der Waals surface area (Å²) in [5.74, 6) is 0. The average molecular weight is 173 g/mol. The van der Waals surface area contributed by atoms with Crippen LogP contribution in [-0.4, -0.2) is 5.26 Å². The Morgan fingerprint density at radius 2 is 1.91 bits per heavy atom. The monoisotopic (exact) mass is 172 g/mol. The van der Waals surface area contributed by atoms with Crippen LogP contribution in [0.2, 0.25) is 5.02 Å².